The number of hydrogen-bond donors (Lipinski definition) is 1. The first-order chi connectivity index (χ1) is 8.99. The fourth-order valence-corrected chi connectivity index (χ4v) is 2.64. The maximum atomic E-state index is 13.3. The number of amides is 1. The second-order valence-corrected chi connectivity index (χ2v) is 5.54. The van der Waals surface area contributed by atoms with Gasteiger partial charge in [0.15, 0.2) is 0 Å². The van der Waals surface area contributed by atoms with Gasteiger partial charge in [-0.15, -0.1) is 0 Å². The number of benzene rings is 1. The molecule has 0 aromatic heterocycles. The van der Waals surface area contributed by atoms with Crippen molar-refractivity contribution in [3.8, 4) is 0 Å². The predicted molar refractivity (Wildman–Crippen MR) is 71.4 cm³/mol. The second kappa shape index (κ2) is 5.98. The third kappa shape index (κ3) is 3.52. The zero-order valence-electron chi connectivity index (χ0n) is 10.5. The lowest BCUT2D eigenvalue weighted by Gasteiger charge is -2.36. The molecule has 0 radical (unpaired) electrons. The molecular weight excluding hydrogens is 317 g/mol. The van der Waals surface area contributed by atoms with E-state index in [-0.39, 0.29) is 30.3 Å². The molecule has 19 heavy (non-hydrogen) atoms. The molecule has 0 bridgehead atoms. The maximum absolute atomic E-state index is 13.3. The quantitative estimate of drug-likeness (QED) is 0.899. The van der Waals surface area contributed by atoms with E-state index in [1.807, 2.05) is 6.92 Å². The van der Waals surface area contributed by atoms with Crippen molar-refractivity contribution in [2.75, 3.05) is 19.7 Å². The average molecular weight is 332 g/mol. The predicted octanol–water partition coefficient (Wildman–Crippen LogP) is 1.81. The van der Waals surface area contributed by atoms with Gasteiger partial charge in [-0.05, 0) is 25.1 Å². The van der Waals surface area contributed by atoms with Crippen LogP contribution in [0, 0.1) is 5.82 Å². The summed E-state index contributed by atoms with van der Waals surface area (Å²) >= 11 is 3.17. The van der Waals surface area contributed by atoms with E-state index in [9.17, 15) is 9.18 Å². The summed E-state index contributed by atoms with van der Waals surface area (Å²) < 4.78 is 19.3. The van der Waals surface area contributed by atoms with E-state index in [0.717, 1.165) is 0 Å². The fourth-order valence-electron chi connectivity index (χ4n) is 2.17. The molecule has 104 valence electrons. The number of aliphatic hydroxyl groups excluding tert-OH is 1. The summed E-state index contributed by atoms with van der Waals surface area (Å²) in [6, 6.07) is 4.09. The monoisotopic (exact) mass is 331 g/mol. The lowest BCUT2D eigenvalue weighted by Crippen LogP contribution is -2.50. The SMILES string of the molecule is CC1CN(C(=O)c2cc(F)cc(Br)c2)CC(CO)O1. The summed E-state index contributed by atoms with van der Waals surface area (Å²) in [4.78, 5) is 13.9. The summed E-state index contributed by atoms with van der Waals surface area (Å²) in [6.45, 7) is 2.45. The highest BCUT2D eigenvalue weighted by Crippen LogP contribution is 2.19. The number of ether oxygens (including phenoxy) is 1. The molecule has 1 aliphatic heterocycles. The average Bonchev–Trinajstić information content (AvgIpc) is 2.35. The minimum atomic E-state index is -0.460. The van der Waals surface area contributed by atoms with Crippen molar-refractivity contribution in [1.29, 1.82) is 0 Å². The van der Waals surface area contributed by atoms with Crippen molar-refractivity contribution in [2.24, 2.45) is 0 Å². The van der Waals surface area contributed by atoms with E-state index in [1.165, 1.54) is 12.1 Å². The molecule has 1 aromatic rings. The van der Waals surface area contributed by atoms with E-state index in [4.69, 9.17) is 9.84 Å². The first-order valence-electron chi connectivity index (χ1n) is 6.01. The van der Waals surface area contributed by atoms with Gasteiger partial charge in [0.25, 0.3) is 5.91 Å². The van der Waals surface area contributed by atoms with Gasteiger partial charge in [-0.25, -0.2) is 4.39 Å². The van der Waals surface area contributed by atoms with Crippen LogP contribution < -0.4 is 0 Å². The van der Waals surface area contributed by atoms with Gasteiger partial charge in [0.1, 0.15) is 5.82 Å². The van der Waals surface area contributed by atoms with Crippen molar-refractivity contribution >= 4 is 21.8 Å². The highest BCUT2D eigenvalue weighted by atomic mass is 79.9. The number of aliphatic hydroxyl groups is 1. The van der Waals surface area contributed by atoms with Crippen LogP contribution in [0.2, 0.25) is 0 Å². The van der Waals surface area contributed by atoms with Crippen LogP contribution >= 0.6 is 15.9 Å². The second-order valence-electron chi connectivity index (χ2n) is 4.62. The normalized spacial score (nSPS) is 23.5. The molecule has 4 nitrogen and oxygen atoms in total. The Kier molecular flexibility index (Phi) is 4.54. The van der Waals surface area contributed by atoms with Crippen molar-refractivity contribution in [2.45, 2.75) is 19.1 Å². The van der Waals surface area contributed by atoms with Gasteiger partial charge in [-0.1, -0.05) is 15.9 Å². The number of halogens is 2. The first kappa shape index (κ1) is 14.4. The van der Waals surface area contributed by atoms with Crippen LogP contribution in [-0.2, 0) is 4.74 Å². The highest BCUT2D eigenvalue weighted by molar-refractivity contribution is 9.10. The third-order valence-electron chi connectivity index (χ3n) is 2.93. The van der Waals surface area contributed by atoms with Gasteiger partial charge in [0.05, 0.1) is 18.8 Å². The van der Waals surface area contributed by atoms with Crippen LogP contribution in [0.5, 0.6) is 0 Å². The van der Waals surface area contributed by atoms with E-state index in [0.29, 0.717) is 17.6 Å². The molecule has 2 unspecified atom stereocenters. The first-order valence-corrected chi connectivity index (χ1v) is 6.80. The van der Waals surface area contributed by atoms with E-state index >= 15 is 0 Å². The molecular formula is C13H15BrFNO3. The standard InChI is InChI=1S/C13H15BrFNO3/c1-8-5-16(6-12(7-17)19-8)13(18)9-2-10(14)4-11(15)3-9/h2-4,8,12,17H,5-7H2,1H3. The number of morpholine rings is 1. The van der Waals surface area contributed by atoms with E-state index in [2.05, 4.69) is 15.9 Å². The van der Waals surface area contributed by atoms with E-state index < -0.39 is 5.82 Å². The van der Waals surface area contributed by atoms with Gasteiger partial charge in [0.2, 0.25) is 0 Å². The van der Waals surface area contributed by atoms with Gasteiger partial charge in [0, 0.05) is 23.1 Å². The van der Waals surface area contributed by atoms with Crippen LogP contribution in [0.25, 0.3) is 0 Å². The Labute approximate surface area is 119 Å². The molecule has 1 N–H and O–H groups in total. The Morgan fingerprint density at radius 3 is 2.89 bits per heavy atom. The topological polar surface area (TPSA) is 49.8 Å². The Morgan fingerprint density at radius 2 is 2.26 bits per heavy atom. The molecule has 2 rings (SSSR count). The lowest BCUT2D eigenvalue weighted by molar-refractivity contribution is -0.0858. The molecule has 6 heteroatoms. The third-order valence-corrected chi connectivity index (χ3v) is 3.38. The molecule has 2 atom stereocenters. The fraction of sp³-hybridized carbons (Fsp3) is 0.462. The molecule has 0 spiro atoms. The number of nitrogens with zero attached hydrogens (tertiary/aromatic N) is 1. The van der Waals surface area contributed by atoms with Crippen LogP contribution in [0.15, 0.2) is 22.7 Å². The molecule has 1 saturated heterocycles. The maximum Gasteiger partial charge on any atom is 0.254 e. The number of carbonyl (C=O) groups excluding carboxylic acids is 1. The number of carbonyl (C=O) groups is 1. The molecule has 0 saturated carbocycles. The summed E-state index contributed by atoms with van der Waals surface area (Å²) in [6.07, 6.45) is -0.531. The molecule has 1 fully saturated rings. The van der Waals surface area contributed by atoms with Crippen molar-refractivity contribution in [1.82, 2.24) is 4.90 Å². The Balaban J connectivity index is 2.18. The summed E-state index contributed by atoms with van der Waals surface area (Å²) in [5.74, 6) is -0.716. The molecule has 0 aliphatic carbocycles. The summed E-state index contributed by atoms with van der Waals surface area (Å²) in [5.41, 5.74) is 0.290. The van der Waals surface area contributed by atoms with Crippen LogP contribution in [-0.4, -0.2) is 47.8 Å². The van der Waals surface area contributed by atoms with Crippen molar-refractivity contribution in [3.05, 3.63) is 34.1 Å². The van der Waals surface area contributed by atoms with Crippen LogP contribution in [0.3, 0.4) is 0 Å². The minimum absolute atomic E-state index is 0.138. The lowest BCUT2D eigenvalue weighted by atomic mass is 10.1. The van der Waals surface area contributed by atoms with E-state index in [1.54, 1.807) is 11.0 Å². The highest BCUT2D eigenvalue weighted by Gasteiger charge is 2.28. The van der Waals surface area contributed by atoms with Gasteiger partial charge >= 0.3 is 0 Å². The Morgan fingerprint density at radius 1 is 1.53 bits per heavy atom. The van der Waals surface area contributed by atoms with Crippen molar-refractivity contribution in [3.63, 3.8) is 0 Å². The van der Waals surface area contributed by atoms with Crippen LogP contribution in [0.4, 0.5) is 4.39 Å². The van der Waals surface area contributed by atoms with Crippen molar-refractivity contribution < 1.29 is 19.0 Å². The number of hydrogen-bond acceptors (Lipinski definition) is 3. The zero-order chi connectivity index (χ0) is 14.0. The molecule has 1 heterocycles. The van der Waals surface area contributed by atoms with Gasteiger partial charge in [-0.3, -0.25) is 4.79 Å². The molecule has 1 aliphatic rings. The Bertz CT molecular complexity index is 463. The number of rotatable bonds is 2. The zero-order valence-corrected chi connectivity index (χ0v) is 12.1. The molecule has 1 amide bonds. The largest absolute Gasteiger partial charge is 0.394 e. The smallest absolute Gasteiger partial charge is 0.254 e. The minimum Gasteiger partial charge on any atom is -0.394 e. The summed E-state index contributed by atoms with van der Waals surface area (Å²) in [5, 5.41) is 9.14. The van der Waals surface area contributed by atoms with Crippen LogP contribution in [0.1, 0.15) is 17.3 Å². The van der Waals surface area contributed by atoms with Gasteiger partial charge < -0.3 is 14.7 Å². The Hall–Kier alpha value is -0.980. The van der Waals surface area contributed by atoms with Gasteiger partial charge in [-0.2, -0.15) is 0 Å². The summed E-state index contributed by atoms with van der Waals surface area (Å²) in [7, 11) is 0. The molecule has 1 aromatic carbocycles.